The second-order valence-corrected chi connectivity index (χ2v) is 7.05. The molecule has 1 unspecified atom stereocenters. The van der Waals surface area contributed by atoms with Gasteiger partial charge >= 0.3 is 0 Å². The van der Waals surface area contributed by atoms with Crippen LogP contribution < -0.4 is 10.6 Å². The molecule has 0 aliphatic carbocycles. The zero-order valence-corrected chi connectivity index (χ0v) is 19.8. The molecule has 1 aromatic carbocycles. The van der Waals surface area contributed by atoms with Crippen molar-refractivity contribution in [3.63, 3.8) is 0 Å². The van der Waals surface area contributed by atoms with Crippen molar-refractivity contribution in [1.29, 1.82) is 0 Å². The fourth-order valence-corrected chi connectivity index (χ4v) is 3.34. The van der Waals surface area contributed by atoms with Crippen molar-refractivity contribution < 1.29 is 4.74 Å². The Kier molecular flexibility index (Phi) is 10.7. The Hall–Kier alpha value is -1.42. The Balaban J connectivity index is 0.00000300. The summed E-state index contributed by atoms with van der Waals surface area (Å²) >= 11 is 6.09. The van der Waals surface area contributed by atoms with E-state index in [2.05, 4.69) is 44.6 Å². The van der Waals surface area contributed by atoms with Crippen molar-refractivity contribution >= 4 is 41.5 Å². The van der Waals surface area contributed by atoms with Crippen LogP contribution in [0.2, 0.25) is 5.02 Å². The molecule has 0 spiro atoms. The fourth-order valence-electron chi connectivity index (χ4n) is 3.22. The van der Waals surface area contributed by atoms with Gasteiger partial charge in [-0.15, -0.1) is 24.0 Å². The van der Waals surface area contributed by atoms with Crippen LogP contribution in [0.4, 0.5) is 0 Å². The van der Waals surface area contributed by atoms with Crippen LogP contribution in [0.5, 0.6) is 0 Å². The summed E-state index contributed by atoms with van der Waals surface area (Å²) in [5, 5.41) is 7.57. The Morgan fingerprint density at radius 2 is 1.93 bits per heavy atom. The van der Waals surface area contributed by atoms with Gasteiger partial charge in [0.1, 0.15) is 0 Å². The van der Waals surface area contributed by atoms with E-state index in [1.807, 2.05) is 30.3 Å². The summed E-state index contributed by atoms with van der Waals surface area (Å²) in [5.41, 5.74) is 2.18. The van der Waals surface area contributed by atoms with E-state index in [9.17, 15) is 0 Å². The molecular weight excluding hydrogens is 501 g/mol. The molecule has 0 radical (unpaired) electrons. The van der Waals surface area contributed by atoms with Crippen LogP contribution in [0.15, 0.2) is 53.7 Å². The molecule has 2 heterocycles. The number of hydrogen-bond acceptors (Lipinski definition) is 4. The number of hydrogen-bond donors (Lipinski definition) is 2. The molecular formula is C21H29ClIN5O. The third-order valence-corrected chi connectivity index (χ3v) is 4.93. The summed E-state index contributed by atoms with van der Waals surface area (Å²) in [6, 6.07) is 14.2. The Labute approximate surface area is 195 Å². The van der Waals surface area contributed by atoms with E-state index in [0.29, 0.717) is 6.54 Å². The van der Waals surface area contributed by atoms with Crippen molar-refractivity contribution in [2.75, 3.05) is 39.4 Å². The molecule has 1 atom stereocenters. The largest absolute Gasteiger partial charge is 0.379 e. The second-order valence-electron chi connectivity index (χ2n) is 6.61. The molecule has 1 saturated heterocycles. The van der Waals surface area contributed by atoms with Crippen LogP contribution in [0.25, 0.3) is 0 Å². The topological polar surface area (TPSA) is 61.8 Å². The van der Waals surface area contributed by atoms with Gasteiger partial charge in [0.2, 0.25) is 0 Å². The molecule has 158 valence electrons. The number of aromatic nitrogens is 1. The summed E-state index contributed by atoms with van der Waals surface area (Å²) < 4.78 is 5.53. The van der Waals surface area contributed by atoms with Crippen LogP contribution in [-0.4, -0.2) is 55.2 Å². The average molecular weight is 530 g/mol. The van der Waals surface area contributed by atoms with E-state index < -0.39 is 0 Å². The van der Waals surface area contributed by atoms with E-state index in [1.165, 1.54) is 5.56 Å². The summed E-state index contributed by atoms with van der Waals surface area (Å²) in [6.45, 7) is 7.51. The molecule has 6 nitrogen and oxygen atoms in total. The third-order valence-electron chi connectivity index (χ3n) is 4.67. The first kappa shape index (κ1) is 23.9. The number of ether oxygens (including phenoxy) is 1. The summed E-state index contributed by atoms with van der Waals surface area (Å²) in [4.78, 5) is 11.5. The minimum atomic E-state index is 0. The number of benzene rings is 1. The zero-order valence-electron chi connectivity index (χ0n) is 16.7. The maximum Gasteiger partial charge on any atom is 0.191 e. The molecule has 1 aliphatic rings. The minimum absolute atomic E-state index is 0. The lowest BCUT2D eigenvalue weighted by molar-refractivity contribution is 0.0170. The highest BCUT2D eigenvalue weighted by atomic mass is 127. The number of halogens is 2. The van der Waals surface area contributed by atoms with Crippen LogP contribution in [0.3, 0.4) is 0 Å². The van der Waals surface area contributed by atoms with Gasteiger partial charge in [0.05, 0.1) is 31.5 Å². The highest BCUT2D eigenvalue weighted by Crippen LogP contribution is 2.23. The maximum absolute atomic E-state index is 6.09. The second kappa shape index (κ2) is 13.0. The Morgan fingerprint density at radius 1 is 1.17 bits per heavy atom. The summed E-state index contributed by atoms with van der Waals surface area (Å²) in [7, 11) is 0. The van der Waals surface area contributed by atoms with Crippen molar-refractivity contribution in [2.24, 2.45) is 4.99 Å². The molecule has 1 fully saturated rings. The van der Waals surface area contributed by atoms with Crippen LogP contribution in [-0.2, 0) is 11.3 Å². The zero-order chi connectivity index (χ0) is 19.6. The number of pyridine rings is 1. The van der Waals surface area contributed by atoms with Crippen LogP contribution in [0.1, 0.15) is 24.2 Å². The smallest absolute Gasteiger partial charge is 0.191 e. The van der Waals surface area contributed by atoms with E-state index in [-0.39, 0.29) is 30.0 Å². The number of nitrogens with zero attached hydrogens (tertiary/aromatic N) is 3. The van der Waals surface area contributed by atoms with Crippen molar-refractivity contribution in [2.45, 2.75) is 19.5 Å². The molecule has 3 rings (SSSR count). The molecule has 1 aliphatic heterocycles. The van der Waals surface area contributed by atoms with Gasteiger partial charge in [-0.2, -0.15) is 0 Å². The van der Waals surface area contributed by atoms with Crippen molar-refractivity contribution in [3.05, 3.63) is 64.9 Å². The fraction of sp³-hybridized carbons (Fsp3) is 0.429. The maximum atomic E-state index is 6.09. The molecule has 1 aromatic heterocycles. The molecule has 0 saturated carbocycles. The lowest BCUT2D eigenvalue weighted by Crippen LogP contribution is -2.46. The highest BCUT2D eigenvalue weighted by molar-refractivity contribution is 14.0. The van der Waals surface area contributed by atoms with Gasteiger partial charge in [0.25, 0.3) is 0 Å². The van der Waals surface area contributed by atoms with Gasteiger partial charge in [-0.25, -0.2) is 4.99 Å². The first-order chi connectivity index (χ1) is 13.8. The van der Waals surface area contributed by atoms with Crippen molar-refractivity contribution in [1.82, 2.24) is 20.5 Å². The lowest BCUT2D eigenvalue weighted by atomic mass is 10.0. The van der Waals surface area contributed by atoms with E-state index in [0.717, 1.165) is 56.1 Å². The normalized spacial score (nSPS) is 16.0. The monoisotopic (exact) mass is 529 g/mol. The van der Waals surface area contributed by atoms with E-state index in [1.54, 1.807) is 6.20 Å². The molecule has 0 bridgehead atoms. The number of guanidine groups is 1. The van der Waals surface area contributed by atoms with E-state index in [4.69, 9.17) is 16.3 Å². The van der Waals surface area contributed by atoms with E-state index >= 15 is 0 Å². The number of aliphatic imine (C=N–C) groups is 1. The molecule has 8 heteroatoms. The summed E-state index contributed by atoms with van der Waals surface area (Å²) in [5.74, 6) is 0.792. The SMILES string of the molecule is CCNC(=NCc1ccccn1)NCC(c1ccc(Cl)cc1)N1CCOCC1.I. The summed E-state index contributed by atoms with van der Waals surface area (Å²) in [6.07, 6.45) is 1.79. The van der Waals surface area contributed by atoms with Gasteiger partial charge < -0.3 is 15.4 Å². The molecule has 29 heavy (non-hydrogen) atoms. The quantitative estimate of drug-likeness (QED) is 0.327. The average Bonchev–Trinajstić information content (AvgIpc) is 2.75. The Bertz CT molecular complexity index is 738. The van der Waals surface area contributed by atoms with Gasteiger partial charge in [0.15, 0.2) is 5.96 Å². The first-order valence-corrected chi connectivity index (χ1v) is 10.1. The molecule has 2 aromatic rings. The van der Waals surface area contributed by atoms with Gasteiger partial charge in [-0.05, 0) is 36.8 Å². The predicted octanol–water partition coefficient (Wildman–Crippen LogP) is 3.48. The van der Waals surface area contributed by atoms with Gasteiger partial charge in [-0.1, -0.05) is 29.8 Å². The van der Waals surface area contributed by atoms with Crippen LogP contribution in [0, 0.1) is 0 Å². The molecule has 2 N–H and O–H groups in total. The molecule has 0 amide bonds. The van der Waals surface area contributed by atoms with Crippen LogP contribution >= 0.6 is 35.6 Å². The third kappa shape index (κ3) is 7.73. The minimum Gasteiger partial charge on any atom is -0.379 e. The number of morpholine rings is 1. The number of nitrogens with one attached hydrogen (secondary N) is 2. The van der Waals surface area contributed by atoms with Crippen molar-refractivity contribution in [3.8, 4) is 0 Å². The highest BCUT2D eigenvalue weighted by Gasteiger charge is 2.22. The predicted molar refractivity (Wildman–Crippen MR) is 129 cm³/mol. The van der Waals surface area contributed by atoms with Gasteiger partial charge in [0, 0.05) is 37.4 Å². The standard InChI is InChI=1S/C21H28ClN5O.HI/c1-2-23-21(25-15-19-5-3-4-10-24-19)26-16-20(27-11-13-28-14-12-27)17-6-8-18(22)9-7-17;/h3-10,20H,2,11-16H2,1H3,(H2,23,25,26);1H. The van der Waals surface area contributed by atoms with Gasteiger partial charge in [-0.3, -0.25) is 9.88 Å². The first-order valence-electron chi connectivity index (χ1n) is 9.75. The number of rotatable bonds is 7. The Morgan fingerprint density at radius 3 is 2.59 bits per heavy atom. The lowest BCUT2D eigenvalue weighted by Gasteiger charge is -2.35.